The normalized spacial score (nSPS) is 14.0. The Morgan fingerprint density at radius 2 is 1.42 bits per heavy atom. The molecule has 3 aromatic carbocycles. The third kappa shape index (κ3) is 10.5. The molecule has 9 nitrogen and oxygen atoms in total. The topological polar surface area (TPSA) is 78.9 Å². The van der Waals surface area contributed by atoms with E-state index < -0.39 is 0 Å². The van der Waals surface area contributed by atoms with Gasteiger partial charge in [0.05, 0.1) is 34.0 Å². The van der Waals surface area contributed by atoms with Crippen molar-refractivity contribution in [2.24, 2.45) is 0 Å². The van der Waals surface area contributed by atoms with Gasteiger partial charge in [-0.1, -0.05) is 78.9 Å². The summed E-state index contributed by atoms with van der Waals surface area (Å²) < 4.78 is 33.5. The first-order chi connectivity index (χ1) is 22.1. The summed E-state index contributed by atoms with van der Waals surface area (Å²) in [7, 11) is 4.75. The molecule has 1 fully saturated rings. The number of allylic oxidation sites excluding steroid dienone is 2. The van der Waals surface area contributed by atoms with Crippen LogP contribution >= 0.6 is 0 Å². The summed E-state index contributed by atoms with van der Waals surface area (Å²) in [6.45, 7) is 5.35. The van der Waals surface area contributed by atoms with Crippen molar-refractivity contribution in [1.82, 2.24) is 9.80 Å². The molecule has 0 atom stereocenters. The zero-order valence-electron chi connectivity index (χ0n) is 26.4. The highest BCUT2D eigenvalue weighted by atomic mass is 16.7. The van der Waals surface area contributed by atoms with E-state index >= 15 is 0 Å². The van der Waals surface area contributed by atoms with E-state index in [0.717, 1.165) is 36.3 Å². The van der Waals surface area contributed by atoms with E-state index in [-0.39, 0.29) is 18.8 Å². The second-order valence-electron chi connectivity index (χ2n) is 10.4. The molecule has 0 aliphatic carbocycles. The molecule has 3 aromatic rings. The Bertz CT molecular complexity index is 1290. The molecular formula is C36H44N2O7. The fourth-order valence-electron chi connectivity index (χ4n) is 4.98. The zero-order valence-corrected chi connectivity index (χ0v) is 26.4. The standard InChI is InChI=1S/C36H44N2O7/c1-40-24-25-43-28-45-36-32(41-2)26-29(27-33(36)42-3)12-10-11-17-34(39)38-20-18-37(19-21-38)22-23-44-35(30-13-6-4-7-14-30)31-15-8-5-9-16-31/h4-17,26-27,35H,18-25,28H2,1-3H3. The van der Waals surface area contributed by atoms with Gasteiger partial charge in [-0.25, -0.2) is 0 Å². The first-order valence-corrected chi connectivity index (χ1v) is 15.2. The van der Waals surface area contributed by atoms with E-state index in [9.17, 15) is 4.79 Å². The van der Waals surface area contributed by atoms with Crippen LogP contribution in [0, 0.1) is 0 Å². The number of rotatable bonds is 17. The molecule has 240 valence electrons. The molecule has 0 aromatic heterocycles. The van der Waals surface area contributed by atoms with Gasteiger partial charge in [0.25, 0.3) is 0 Å². The van der Waals surface area contributed by atoms with Crippen molar-refractivity contribution in [2.45, 2.75) is 6.10 Å². The van der Waals surface area contributed by atoms with Gasteiger partial charge in [-0.2, -0.15) is 0 Å². The number of carbonyl (C=O) groups is 1. The quantitative estimate of drug-likeness (QED) is 0.0884. The number of hydrogen-bond acceptors (Lipinski definition) is 8. The summed E-state index contributed by atoms with van der Waals surface area (Å²) in [4.78, 5) is 17.1. The fourth-order valence-corrected chi connectivity index (χ4v) is 4.98. The first-order valence-electron chi connectivity index (χ1n) is 15.2. The third-order valence-corrected chi connectivity index (χ3v) is 7.42. The lowest BCUT2D eigenvalue weighted by Gasteiger charge is -2.34. The average Bonchev–Trinajstić information content (AvgIpc) is 3.09. The van der Waals surface area contributed by atoms with Crippen LogP contribution in [0.3, 0.4) is 0 Å². The van der Waals surface area contributed by atoms with E-state index in [0.29, 0.717) is 50.2 Å². The van der Waals surface area contributed by atoms with Gasteiger partial charge in [-0.05, 0) is 28.8 Å². The van der Waals surface area contributed by atoms with Crippen molar-refractivity contribution < 1.29 is 33.2 Å². The lowest BCUT2D eigenvalue weighted by Crippen LogP contribution is -2.49. The number of methoxy groups -OCH3 is 3. The summed E-state index contributed by atoms with van der Waals surface area (Å²) in [6, 6.07) is 24.3. The number of nitrogens with zero attached hydrogens (tertiary/aromatic N) is 2. The Labute approximate surface area is 266 Å². The number of carbonyl (C=O) groups excluding carboxylic acids is 1. The molecule has 1 saturated heterocycles. The van der Waals surface area contributed by atoms with Crippen LogP contribution in [0.5, 0.6) is 17.2 Å². The van der Waals surface area contributed by atoms with Gasteiger partial charge in [0.1, 0.15) is 6.10 Å². The summed E-state index contributed by atoms with van der Waals surface area (Å²) in [5, 5.41) is 0. The number of amides is 1. The number of piperazine rings is 1. The van der Waals surface area contributed by atoms with Crippen molar-refractivity contribution >= 4 is 12.0 Å². The highest BCUT2D eigenvalue weighted by Gasteiger charge is 2.20. The van der Waals surface area contributed by atoms with E-state index in [2.05, 4.69) is 29.2 Å². The average molecular weight is 617 g/mol. The molecule has 4 rings (SSSR count). The monoisotopic (exact) mass is 616 g/mol. The summed E-state index contributed by atoms with van der Waals surface area (Å²) in [5.74, 6) is 1.49. The summed E-state index contributed by atoms with van der Waals surface area (Å²) in [6.07, 6.45) is 6.95. The first kappa shape index (κ1) is 33.7. The maximum Gasteiger partial charge on any atom is 0.246 e. The molecule has 0 radical (unpaired) electrons. The molecule has 0 spiro atoms. The Morgan fingerprint density at radius 1 is 0.800 bits per heavy atom. The Balaban J connectivity index is 1.23. The minimum Gasteiger partial charge on any atom is -0.493 e. The van der Waals surface area contributed by atoms with Crippen LogP contribution in [0.25, 0.3) is 6.08 Å². The van der Waals surface area contributed by atoms with Gasteiger partial charge in [0, 0.05) is 45.9 Å². The maximum atomic E-state index is 12.8. The molecule has 1 aliphatic heterocycles. The molecular weight excluding hydrogens is 572 g/mol. The van der Waals surface area contributed by atoms with Crippen molar-refractivity contribution in [2.75, 3.05) is 80.7 Å². The number of ether oxygens (including phenoxy) is 6. The molecule has 0 saturated carbocycles. The van der Waals surface area contributed by atoms with Crippen LogP contribution in [-0.2, 0) is 19.0 Å². The summed E-state index contributed by atoms with van der Waals surface area (Å²) >= 11 is 0. The van der Waals surface area contributed by atoms with Crippen molar-refractivity contribution in [3.8, 4) is 17.2 Å². The van der Waals surface area contributed by atoms with Crippen LogP contribution in [0.1, 0.15) is 22.8 Å². The molecule has 1 amide bonds. The number of benzene rings is 3. The highest BCUT2D eigenvalue weighted by molar-refractivity contribution is 5.88. The Hall–Kier alpha value is -4.15. The van der Waals surface area contributed by atoms with Gasteiger partial charge in [-0.3, -0.25) is 9.69 Å². The second-order valence-corrected chi connectivity index (χ2v) is 10.4. The largest absolute Gasteiger partial charge is 0.493 e. The van der Waals surface area contributed by atoms with Gasteiger partial charge >= 0.3 is 0 Å². The van der Waals surface area contributed by atoms with Crippen LogP contribution in [-0.4, -0.2) is 96.4 Å². The molecule has 1 aliphatic rings. The molecule has 45 heavy (non-hydrogen) atoms. The molecule has 1 heterocycles. The molecule has 0 bridgehead atoms. The van der Waals surface area contributed by atoms with Gasteiger partial charge in [-0.15, -0.1) is 0 Å². The number of hydrogen-bond donors (Lipinski definition) is 0. The van der Waals surface area contributed by atoms with Gasteiger partial charge in [0.15, 0.2) is 18.3 Å². The fraction of sp³-hybridized carbons (Fsp3) is 0.361. The van der Waals surface area contributed by atoms with Crippen LogP contribution in [0.15, 0.2) is 91.0 Å². The predicted octanol–water partition coefficient (Wildman–Crippen LogP) is 5.22. The van der Waals surface area contributed by atoms with E-state index in [4.69, 9.17) is 28.4 Å². The van der Waals surface area contributed by atoms with Crippen molar-refractivity contribution in [3.63, 3.8) is 0 Å². The van der Waals surface area contributed by atoms with E-state index in [1.54, 1.807) is 33.5 Å². The highest BCUT2D eigenvalue weighted by Crippen LogP contribution is 2.39. The summed E-state index contributed by atoms with van der Waals surface area (Å²) in [5.41, 5.74) is 3.12. The maximum absolute atomic E-state index is 12.8. The van der Waals surface area contributed by atoms with Crippen molar-refractivity contribution in [3.05, 3.63) is 108 Å². The molecule has 0 N–H and O–H groups in total. The van der Waals surface area contributed by atoms with Gasteiger partial charge in [0.2, 0.25) is 11.7 Å². The lowest BCUT2D eigenvalue weighted by molar-refractivity contribution is -0.127. The predicted molar refractivity (Wildman–Crippen MR) is 175 cm³/mol. The Morgan fingerprint density at radius 3 is 2.00 bits per heavy atom. The van der Waals surface area contributed by atoms with E-state index in [1.807, 2.05) is 65.6 Å². The van der Waals surface area contributed by atoms with E-state index in [1.165, 1.54) is 0 Å². The molecule has 0 unspecified atom stereocenters. The smallest absolute Gasteiger partial charge is 0.246 e. The second kappa shape index (κ2) is 18.6. The SMILES string of the molecule is COCCOCOc1c(OC)cc(C=CC=CC(=O)N2CCN(CCOC(c3ccccc3)c3ccccc3)CC2)cc1OC. The molecule has 9 heteroatoms. The van der Waals surface area contributed by atoms with Crippen LogP contribution < -0.4 is 14.2 Å². The lowest BCUT2D eigenvalue weighted by atomic mass is 10.0. The minimum atomic E-state index is -0.104. The minimum absolute atomic E-state index is 0.00356. The third-order valence-electron chi connectivity index (χ3n) is 7.42. The van der Waals surface area contributed by atoms with Crippen molar-refractivity contribution in [1.29, 1.82) is 0 Å². The Kier molecular flexibility index (Phi) is 14.0. The van der Waals surface area contributed by atoms with Crippen LogP contribution in [0.4, 0.5) is 0 Å². The van der Waals surface area contributed by atoms with Crippen LogP contribution in [0.2, 0.25) is 0 Å². The van der Waals surface area contributed by atoms with Gasteiger partial charge < -0.3 is 33.3 Å². The zero-order chi connectivity index (χ0) is 31.7.